The number of hydrogen-bond acceptors (Lipinski definition) is 0. The van der Waals surface area contributed by atoms with Crippen LogP contribution >= 0.6 is 0 Å². The molecule has 0 fully saturated rings. The van der Waals surface area contributed by atoms with Crippen LogP contribution in [0.5, 0.6) is 0 Å². The molecule has 0 aromatic heterocycles. The van der Waals surface area contributed by atoms with Gasteiger partial charge in [0.25, 0.3) is 0 Å². The maximum Gasteiger partial charge on any atom is -0.0317 e. The molecule has 0 nitrogen and oxygen atoms in total. The molecule has 143 valence electrons. The third-order valence-corrected chi connectivity index (χ3v) is 5.31. The first kappa shape index (κ1) is 23.7. The molecule has 0 saturated carbocycles. The molecule has 0 aromatic carbocycles. The van der Waals surface area contributed by atoms with E-state index in [1.807, 2.05) is 0 Å². The summed E-state index contributed by atoms with van der Waals surface area (Å²) >= 11 is 0. The maximum atomic E-state index is 5.86. The average molecular weight is 336 g/mol. The highest BCUT2D eigenvalue weighted by Gasteiger charge is 1.95. The van der Waals surface area contributed by atoms with E-state index in [1.165, 1.54) is 121 Å². The van der Waals surface area contributed by atoms with Crippen LogP contribution in [0, 0.1) is 6.58 Å². The standard InChI is InChI=1S/C24H47/c1-4-6-7-8-9-10-11-12-13-14-15-16-17-18-19-20-21-22-23-24(3)5-2/h3H,4-23H2,1-2H3. The van der Waals surface area contributed by atoms with Crippen LogP contribution in [0.25, 0.3) is 0 Å². The van der Waals surface area contributed by atoms with Gasteiger partial charge >= 0.3 is 0 Å². The minimum atomic E-state index is 1.05. The molecule has 0 N–H and O–H groups in total. The maximum absolute atomic E-state index is 5.86. The number of rotatable bonds is 20. The van der Waals surface area contributed by atoms with Gasteiger partial charge in [-0.3, -0.25) is 0 Å². The summed E-state index contributed by atoms with van der Waals surface area (Å²) in [7, 11) is 0. The second-order valence-electron chi connectivity index (χ2n) is 7.77. The van der Waals surface area contributed by atoms with Crippen LogP contribution < -0.4 is 0 Å². The van der Waals surface area contributed by atoms with Crippen LogP contribution in [0.1, 0.15) is 142 Å². The summed E-state index contributed by atoms with van der Waals surface area (Å²) in [6, 6.07) is 0. The summed E-state index contributed by atoms with van der Waals surface area (Å²) in [5.41, 5.74) is 1.19. The van der Waals surface area contributed by atoms with Crippen LogP contribution in [0.4, 0.5) is 0 Å². The zero-order valence-electron chi connectivity index (χ0n) is 17.2. The number of allylic oxidation sites excluding steroid dienone is 1. The predicted molar refractivity (Wildman–Crippen MR) is 112 cm³/mol. The summed E-state index contributed by atoms with van der Waals surface area (Å²) in [6.45, 7) is 10.3. The normalized spacial score (nSPS) is 11.1. The Morgan fingerprint density at radius 3 is 1.04 bits per heavy atom. The van der Waals surface area contributed by atoms with Gasteiger partial charge in [0.15, 0.2) is 0 Å². The minimum Gasteiger partial charge on any atom is -0.0705 e. The quantitative estimate of drug-likeness (QED) is 0.194. The van der Waals surface area contributed by atoms with Crippen molar-refractivity contribution in [2.45, 2.75) is 142 Å². The lowest BCUT2D eigenvalue weighted by molar-refractivity contribution is 0.525. The third-order valence-electron chi connectivity index (χ3n) is 5.31. The first-order chi connectivity index (χ1) is 11.8. The van der Waals surface area contributed by atoms with Crippen molar-refractivity contribution in [1.82, 2.24) is 0 Å². The molecule has 1 radical (unpaired) electrons. The lowest BCUT2D eigenvalue weighted by Gasteiger charge is -2.04. The smallest absolute Gasteiger partial charge is 0.0317 e. The molecule has 0 bridgehead atoms. The SMILES string of the molecule is [CH]=C(CC)CCCCCCCCCCCCCCCCCCCC. The van der Waals surface area contributed by atoms with Crippen molar-refractivity contribution in [3.8, 4) is 0 Å². The van der Waals surface area contributed by atoms with Crippen molar-refractivity contribution in [3.63, 3.8) is 0 Å². The fourth-order valence-corrected chi connectivity index (χ4v) is 3.43. The van der Waals surface area contributed by atoms with Gasteiger partial charge in [0.05, 0.1) is 0 Å². The Balaban J connectivity index is 2.99. The Kier molecular flexibility index (Phi) is 20.6. The van der Waals surface area contributed by atoms with Crippen molar-refractivity contribution in [3.05, 3.63) is 12.2 Å². The predicted octanol–water partition coefficient (Wildman–Crippen LogP) is 9.19. The van der Waals surface area contributed by atoms with Gasteiger partial charge in [-0.1, -0.05) is 135 Å². The fraction of sp³-hybridized carbons (Fsp3) is 0.917. The lowest BCUT2D eigenvalue weighted by Crippen LogP contribution is -1.84. The molecule has 0 aliphatic rings. The largest absolute Gasteiger partial charge is 0.0705 e. The second kappa shape index (κ2) is 20.8. The van der Waals surface area contributed by atoms with E-state index in [2.05, 4.69) is 13.8 Å². The van der Waals surface area contributed by atoms with Gasteiger partial charge in [0.1, 0.15) is 0 Å². The zero-order chi connectivity index (χ0) is 17.7. The van der Waals surface area contributed by atoms with Crippen molar-refractivity contribution < 1.29 is 0 Å². The van der Waals surface area contributed by atoms with Gasteiger partial charge in [0, 0.05) is 0 Å². The molecule has 0 amide bonds. The molecule has 0 rings (SSSR count). The Labute approximate surface area is 154 Å². The van der Waals surface area contributed by atoms with E-state index in [-0.39, 0.29) is 0 Å². The summed E-state index contributed by atoms with van der Waals surface area (Å²) in [5.74, 6) is 0. The highest BCUT2D eigenvalue weighted by Crippen LogP contribution is 2.15. The van der Waals surface area contributed by atoms with Crippen LogP contribution in [0.15, 0.2) is 5.57 Å². The van der Waals surface area contributed by atoms with Gasteiger partial charge < -0.3 is 0 Å². The molecule has 0 spiro atoms. The second-order valence-corrected chi connectivity index (χ2v) is 7.77. The van der Waals surface area contributed by atoms with Gasteiger partial charge in [-0.2, -0.15) is 0 Å². The minimum absolute atomic E-state index is 1.05. The van der Waals surface area contributed by atoms with Crippen molar-refractivity contribution in [2.24, 2.45) is 0 Å². The Morgan fingerprint density at radius 1 is 0.458 bits per heavy atom. The van der Waals surface area contributed by atoms with Gasteiger partial charge in [-0.25, -0.2) is 0 Å². The van der Waals surface area contributed by atoms with E-state index in [4.69, 9.17) is 6.58 Å². The molecule has 0 saturated heterocycles. The molecule has 0 heterocycles. The molecule has 0 unspecified atom stereocenters. The first-order valence-electron chi connectivity index (χ1n) is 11.4. The van der Waals surface area contributed by atoms with E-state index >= 15 is 0 Å². The van der Waals surface area contributed by atoms with Gasteiger partial charge in [-0.05, 0) is 19.3 Å². The Morgan fingerprint density at radius 2 is 0.750 bits per heavy atom. The van der Waals surface area contributed by atoms with E-state index in [0.717, 1.165) is 12.8 Å². The highest BCUT2D eigenvalue weighted by molar-refractivity contribution is 4.88. The third kappa shape index (κ3) is 19.8. The van der Waals surface area contributed by atoms with Crippen molar-refractivity contribution in [1.29, 1.82) is 0 Å². The fourth-order valence-electron chi connectivity index (χ4n) is 3.43. The van der Waals surface area contributed by atoms with E-state index in [9.17, 15) is 0 Å². The van der Waals surface area contributed by atoms with Crippen LogP contribution in [-0.2, 0) is 0 Å². The molecule has 0 heteroatoms. The summed E-state index contributed by atoms with van der Waals surface area (Å²) in [6.07, 6.45) is 28.2. The molecule has 0 aliphatic carbocycles. The molecule has 0 atom stereocenters. The number of unbranched alkanes of at least 4 members (excludes halogenated alkanes) is 17. The monoisotopic (exact) mass is 335 g/mol. The van der Waals surface area contributed by atoms with Crippen molar-refractivity contribution in [2.75, 3.05) is 0 Å². The summed E-state index contributed by atoms with van der Waals surface area (Å²) in [5, 5.41) is 0. The first-order valence-corrected chi connectivity index (χ1v) is 11.4. The molecule has 0 aromatic rings. The Bertz CT molecular complexity index is 240. The van der Waals surface area contributed by atoms with Crippen LogP contribution in [0.2, 0.25) is 0 Å². The summed E-state index contributed by atoms with van der Waals surface area (Å²) < 4.78 is 0. The van der Waals surface area contributed by atoms with Gasteiger partial charge in [0.2, 0.25) is 0 Å². The molecule has 24 heavy (non-hydrogen) atoms. The topological polar surface area (TPSA) is 0 Å². The summed E-state index contributed by atoms with van der Waals surface area (Å²) in [4.78, 5) is 0. The highest BCUT2D eigenvalue weighted by atomic mass is 14.0. The molecular formula is C24H47. The van der Waals surface area contributed by atoms with Gasteiger partial charge in [-0.15, -0.1) is 0 Å². The van der Waals surface area contributed by atoms with E-state index in [1.54, 1.807) is 0 Å². The molecule has 0 aliphatic heterocycles. The lowest BCUT2D eigenvalue weighted by atomic mass is 10.0. The van der Waals surface area contributed by atoms with E-state index < -0.39 is 0 Å². The average Bonchev–Trinajstić information content (AvgIpc) is 2.60. The van der Waals surface area contributed by atoms with Crippen molar-refractivity contribution >= 4 is 0 Å². The van der Waals surface area contributed by atoms with Crippen LogP contribution in [-0.4, -0.2) is 0 Å². The molecular weight excluding hydrogens is 288 g/mol. The number of hydrogen-bond donors (Lipinski definition) is 0. The Hall–Kier alpha value is -0.260. The zero-order valence-corrected chi connectivity index (χ0v) is 17.2. The van der Waals surface area contributed by atoms with E-state index in [0.29, 0.717) is 0 Å². The van der Waals surface area contributed by atoms with Crippen LogP contribution in [0.3, 0.4) is 0 Å².